The minimum absolute atomic E-state index is 0.000432. The summed E-state index contributed by atoms with van der Waals surface area (Å²) in [5.41, 5.74) is 0.298. The van der Waals surface area contributed by atoms with Gasteiger partial charge in [0, 0.05) is 24.6 Å². The van der Waals surface area contributed by atoms with Gasteiger partial charge in [0.05, 0.1) is 19.1 Å². The van der Waals surface area contributed by atoms with Crippen LogP contribution < -0.4 is 14.2 Å². The highest BCUT2D eigenvalue weighted by Gasteiger charge is 2.42. The molecule has 1 aromatic rings. The van der Waals surface area contributed by atoms with E-state index in [-0.39, 0.29) is 23.5 Å². The van der Waals surface area contributed by atoms with E-state index in [9.17, 15) is 13.5 Å². The molecule has 6 nitrogen and oxygen atoms in total. The number of ether oxygens (including phenoxy) is 2. The molecular formula is C14H21NO5S. The van der Waals surface area contributed by atoms with E-state index in [1.807, 2.05) is 0 Å². The van der Waals surface area contributed by atoms with Gasteiger partial charge in [-0.1, -0.05) is 0 Å². The smallest absolute Gasteiger partial charge is 0.240 e. The lowest BCUT2D eigenvalue weighted by atomic mass is 10.1. The first kappa shape index (κ1) is 16.1. The second kappa shape index (κ2) is 5.82. The van der Waals surface area contributed by atoms with Crippen molar-refractivity contribution < 1.29 is 23.0 Å². The predicted octanol–water partition coefficient (Wildman–Crippen LogP) is 1.06. The van der Waals surface area contributed by atoms with Crippen molar-refractivity contribution in [3.8, 4) is 11.5 Å². The highest BCUT2D eigenvalue weighted by atomic mass is 32.2. The monoisotopic (exact) mass is 315 g/mol. The number of hydrogen-bond donors (Lipinski definition) is 2. The molecule has 0 amide bonds. The number of benzene rings is 1. The van der Waals surface area contributed by atoms with Crippen LogP contribution in [0.4, 0.5) is 0 Å². The Morgan fingerprint density at radius 3 is 2.29 bits per heavy atom. The second-order valence-electron chi connectivity index (χ2n) is 5.46. The molecule has 118 valence electrons. The first-order chi connectivity index (χ1) is 9.87. The summed E-state index contributed by atoms with van der Waals surface area (Å²) < 4.78 is 37.7. The molecule has 7 heteroatoms. The van der Waals surface area contributed by atoms with Crippen LogP contribution in [0, 0.1) is 12.3 Å². The molecule has 0 aliphatic heterocycles. The van der Waals surface area contributed by atoms with Crippen LogP contribution >= 0.6 is 0 Å². The van der Waals surface area contributed by atoms with Crippen molar-refractivity contribution in [1.29, 1.82) is 0 Å². The molecule has 0 unspecified atom stereocenters. The number of aliphatic hydroxyl groups excluding tert-OH is 1. The lowest BCUT2D eigenvalue weighted by Crippen LogP contribution is -2.32. The van der Waals surface area contributed by atoms with Crippen molar-refractivity contribution in [2.24, 2.45) is 5.41 Å². The van der Waals surface area contributed by atoms with Crippen LogP contribution in [-0.2, 0) is 10.0 Å². The molecular weight excluding hydrogens is 294 g/mol. The Balaban J connectivity index is 2.27. The number of methoxy groups -OCH3 is 2. The standard InChI is InChI=1S/C14H21NO5S/c1-10-6-11(19-2)12(20-3)7-13(10)21(17,18)15-8-14(9-16)4-5-14/h6-7,15-16H,4-5,8-9H2,1-3H3. The average molecular weight is 315 g/mol. The van der Waals surface area contributed by atoms with Gasteiger partial charge >= 0.3 is 0 Å². The minimum Gasteiger partial charge on any atom is -0.493 e. The number of sulfonamides is 1. The number of rotatable bonds is 7. The Morgan fingerprint density at radius 1 is 1.24 bits per heavy atom. The van der Waals surface area contributed by atoms with Crippen molar-refractivity contribution >= 4 is 10.0 Å². The van der Waals surface area contributed by atoms with E-state index in [0.717, 1.165) is 12.8 Å². The fourth-order valence-electron chi connectivity index (χ4n) is 2.14. The summed E-state index contributed by atoms with van der Waals surface area (Å²) in [6.07, 6.45) is 1.69. The SMILES string of the molecule is COc1cc(C)c(S(=O)(=O)NCC2(CO)CC2)cc1OC. The Bertz CT molecular complexity index is 622. The molecule has 0 heterocycles. The Hall–Kier alpha value is -1.31. The van der Waals surface area contributed by atoms with Crippen LogP contribution in [0.15, 0.2) is 17.0 Å². The second-order valence-corrected chi connectivity index (χ2v) is 7.19. The summed E-state index contributed by atoms with van der Waals surface area (Å²) in [5.74, 6) is 0.856. The van der Waals surface area contributed by atoms with Crippen LogP contribution in [0.5, 0.6) is 11.5 Å². The maximum Gasteiger partial charge on any atom is 0.240 e. The number of nitrogens with one attached hydrogen (secondary N) is 1. The molecule has 0 spiro atoms. The summed E-state index contributed by atoms with van der Waals surface area (Å²) in [7, 11) is -0.686. The number of hydrogen-bond acceptors (Lipinski definition) is 5. The fourth-order valence-corrected chi connectivity index (χ4v) is 3.54. The van der Waals surface area contributed by atoms with Gasteiger partial charge in [-0.05, 0) is 31.4 Å². The van der Waals surface area contributed by atoms with Gasteiger partial charge in [0.15, 0.2) is 11.5 Å². The maximum absolute atomic E-state index is 12.4. The molecule has 1 aliphatic carbocycles. The summed E-state index contributed by atoms with van der Waals surface area (Å²) in [6, 6.07) is 3.08. The highest BCUT2D eigenvalue weighted by molar-refractivity contribution is 7.89. The van der Waals surface area contributed by atoms with Crippen LogP contribution in [-0.4, -0.2) is 40.9 Å². The van der Waals surface area contributed by atoms with E-state index in [1.54, 1.807) is 13.0 Å². The van der Waals surface area contributed by atoms with Gasteiger partial charge in [-0.25, -0.2) is 13.1 Å². The van der Waals surface area contributed by atoms with E-state index < -0.39 is 10.0 Å². The molecule has 2 rings (SSSR count). The molecule has 1 aliphatic rings. The van der Waals surface area contributed by atoms with Gasteiger partial charge in [-0.15, -0.1) is 0 Å². The summed E-state index contributed by atoms with van der Waals surface area (Å²) >= 11 is 0. The molecule has 2 N–H and O–H groups in total. The van der Waals surface area contributed by atoms with Crippen molar-refractivity contribution in [1.82, 2.24) is 4.72 Å². The molecule has 0 atom stereocenters. The van der Waals surface area contributed by atoms with Gasteiger partial charge in [-0.3, -0.25) is 0 Å². The van der Waals surface area contributed by atoms with Crippen molar-refractivity contribution in [3.63, 3.8) is 0 Å². The lowest BCUT2D eigenvalue weighted by molar-refractivity contribution is 0.213. The normalized spacial score (nSPS) is 16.6. The Labute approximate surface area is 125 Å². The average Bonchev–Trinajstić information content (AvgIpc) is 3.25. The summed E-state index contributed by atoms with van der Waals surface area (Å²) in [5, 5.41) is 9.26. The zero-order chi connectivity index (χ0) is 15.7. The molecule has 0 aromatic heterocycles. The van der Waals surface area contributed by atoms with E-state index in [2.05, 4.69) is 4.72 Å². The van der Waals surface area contributed by atoms with E-state index in [1.165, 1.54) is 20.3 Å². The Morgan fingerprint density at radius 2 is 1.81 bits per heavy atom. The van der Waals surface area contributed by atoms with Crippen LogP contribution in [0.1, 0.15) is 18.4 Å². The molecule has 0 bridgehead atoms. The molecule has 1 fully saturated rings. The summed E-state index contributed by atoms with van der Waals surface area (Å²) in [6.45, 7) is 1.95. The third kappa shape index (κ3) is 3.30. The molecule has 0 radical (unpaired) electrons. The van der Waals surface area contributed by atoms with Crippen LogP contribution in [0.25, 0.3) is 0 Å². The zero-order valence-electron chi connectivity index (χ0n) is 12.5. The first-order valence-electron chi connectivity index (χ1n) is 6.71. The predicted molar refractivity (Wildman–Crippen MR) is 78.2 cm³/mol. The minimum atomic E-state index is -3.65. The largest absolute Gasteiger partial charge is 0.493 e. The third-order valence-corrected chi connectivity index (χ3v) is 5.44. The summed E-state index contributed by atoms with van der Waals surface area (Å²) in [4.78, 5) is 0.161. The quantitative estimate of drug-likeness (QED) is 0.786. The topological polar surface area (TPSA) is 84.9 Å². The van der Waals surface area contributed by atoms with Crippen molar-refractivity contribution in [3.05, 3.63) is 17.7 Å². The van der Waals surface area contributed by atoms with Gasteiger partial charge in [0.25, 0.3) is 0 Å². The zero-order valence-corrected chi connectivity index (χ0v) is 13.3. The lowest BCUT2D eigenvalue weighted by Gasteiger charge is -2.16. The van der Waals surface area contributed by atoms with Crippen LogP contribution in [0.2, 0.25) is 0 Å². The molecule has 1 aromatic carbocycles. The fraction of sp³-hybridized carbons (Fsp3) is 0.571. The maximum atomic E-state index is 12.4. The van der Waals surface area contributed by atoms with Crippen molar-refractivity contribution in [2.45, 2.75) is 24.7 Å². The number of aliphatic hydroxyl groups is 1. The van der Waals surface area contributed by atoms with Crippen LogP contribution in [0.3, 0.4) is 0 Å². The Kier molecular flexibility index (Phi) is 4.46. The van der Waals surface area contributed by atoms with E-state index in [4.69, 9.17) is 9.47 Å². The first-order valence-corrected chi connectivity index (χ1v) is 8.19. The molecule has 0 saturated heterocycles. The van der Waals surface area contributed by atoms with Gasteiger partial charge in [0.1, 0.15) is 0 Å². The third-order valence-electron chi connectivity index (χ3n) is 3.90. The van der Waals surface area contributed by atoms with Gasteiger partial charge < -0.3 is 14.6 Å². The molecule has 1 saturated carbocycles. The molecule has 21 heavy (non-hydrogen) atoms. The van der Waals surface area contributed by atoms with Gasteiger partial charge in [0.2, 0.25) is 10.0 Å². The number of aryl methyl sites for hydroxylation is 1. The highest BCUT2D eigenvalue weighted by Crippen LogP contribution is 2.44. The van der Waals surface area contributed by atoms with E-state index >= 15 is 0 Å². The van der Waals surface area contributed by atoms with Crippen molar-refractivity contribution in [2.75, 3.05) is 27.4 Å². The van der Waals surface area contributed by atoms with Gasteiger partial charge in [-0.2, -0.15) is 0 Å². The van der Waals surface area contributed by atoms with E-state index in [0.29, 0.717) is 17.1 Å².